The van der Waals surface area contributed by atoms with Crippen LogP contribution in [-0.2, 0) is 5.41 Å². The first-order valence-corrected chi connectivity index (χ1v) is 22.2. The van der Waals surface area contributed by atoms with Crippen LogP contribution in [0.4, 0.5) is 0 Å². The molecule has 13 rings (SSSR count). The van der Waals surface area contributed by atoms with Crippen molar-refractivity contribution in [3.05, 3.63) is 258 Å². The van der Waals surface area contributed by atoms with Crippen molar-refractivity contribution in [1.29, 1.82) is 0 Å². The predicted molar refractivity (Wildman–Crippen MR) is 262 cm³/mol. The van der Waals surface area contributed by atoms with E-state index in [1.165, 1.54) is 66.4 Å². The molecule has 0 atom stereocenters. The molecule has 2 aromatic heterocycles. The Morgan fingerprint density at radius 3 is 1.72 bits per heavy atom. The van der Waals surface area contributed by atoms with Crippen LogP contribution in [0, 0.1) is 0 Å². The maximum atomic E-state index is 5.16. The van der Waals surface area contributed by atoms with Crippen molar-refractivity contribution in [3.63, 3.8) is 0 Å². The fourth-order valence-corrected chi connectivity index (χ4v) is 10.9. The summed E-state index contributed by atoms with van der Waals surface area (Å²) < 4.78 is 2.46. The van der Waals surface area contributed by atoms with Crippen LogP contribution in [0.1, 0.15) is 52.0 Å². The van der Waals surface area contributed by atoms with Gasteiger partial charge in [-0.05, 0) is 92.8 Å². The minimum atomic E-state index is -0.605. The fourth-order valence-electron chi connectivity index (χ4n) is 10.9. The van der Waals surface area contributed by atoms with E-state index in [1.807, 2.05) is 18.2 Å². The van der Waals surface area contributed by atoms with Gasteiger partial charge in [-0.1, -0.05) is 194 Å². The zero-order chi connectivity index (χ0) is 42.2. The zero-order valence-corrected chi connectivity index (χ0v) is 35.0. The van der Waals surface area contributed by atoms with Crippen LogP contribution >= 0.6 is 0 Å². The average molecular weight is 817 g/mol. The third-order valence-corrected chi connectivity index (χ3v) is 13.5. The standard InChI is InChI=1S/C60H40N4/c1-6-20-39(21-7-1)56-53-48-33-17-16-32-46(48)47-34-19-35-50-52(47)55-51(37-36-49(54(53)55)60(56,43-27-12-4-13-28-43)44-29-14-5-15-30-44)64(50)45-31-18-26-42(38-45)59-62-57(40-22-8-2-9-23-40)61-58(63-59)41-24-10-3-11-25-41/h1-2,4-10,12-38H,3,11H2. The van der Waals surface area contributed by atoms with Gasteiger partial charge in [0.05, 0.1) is 16.4 Å². The van der Waals surface area contributed by atoms with Crippen LogP contribution in [0.25, 0.3) is 78.1 Å². The Balaban J connectivity index is 1.13. The maximum absolute atomic E-state index is 5.16. The third kappa shape index (κ3) is 5.32. The molecule has 3 aliphatic carbocycles. The first kappa shape index (κ1) is 36.4. The molecule has 4 heteroatoms. The lowest BCUT2D eigenvalue weighted by molar-refractivity contribution is 0.815. The van der Waals surface area contributed by atoms with Crippen LogP contribution in [0.3, 0.4) is 0 Å². The van der Waals surface area contributed by atoms with Crippen molar-refractivity contribution < 1.29 is 0 Å². The number of benzene rings is 8. The lowest BCUT2D eigenvalue weighted by Gasteiger charge is -2.36. The summed E-state index contributed by atoms with van der Waals surface area (Å²) in [4.78, 5) is 15.3. The van der Waals surface area contributed by atoms with Crippen LogP contribution in [0.15, 0.2) is 218 Å². The fraction of sp³-hybridized carbons (Fsp3) is 0.0500. The highest BCUT2D eigenvalue weighted by molar-refractivity contribution is 6.28. The lowest BCUT2D eigenvalue weighted by atomic mass is 9.65. The van der Waals surface area contributed by atoms with Gasteiger partial charge in [0.1, 0.15) is 0 Å². The molecule has 0 fully saturated rings. The molecule has 0 radical (unpaired) electrons. The number of allylic oxidation sites excluding steroid dienone is 5. The highest BCUT2D eigenvalue weighted by atomic mass is 15.0. The SMILES string of the molecule is C1=CC(c2nc(-c3ccccc3)nc(-c3cccc(-n4c5cccc6c5c5c7c(ccc54)C(c4ccccc4)(c4ccccc4)C(c4ccccc4)=C7c4ccccc4-6)c3)n2)=CCC1. The molecule has 0 amide bonds. The van der Waals surface area contributed by atoms with Gasteiger partial charge in [-0.25, -0.2) is 15.0 Å². The van der Waals surface area contributed by atoms with E-state index in [-0.39, 0.29) is 0 Å². The van der Waals surface area contributed by atoms with E-state index < -0.39 is 5.41 Å². The quantitative estimate of drug-likeness (QED) is 0.161. The molecule has 0 aliphatic heterocycles. The van der Waals surface area contributed by atoms with E-state index >= 15 is 0 Å². The van der Waals surface area contributed by atoms with Gasteiger partial charge in [-0.15, -0.1) is 0 Å². The average Bonchev–Trinajstić information content (AvgIpc) is 3.85. The van der Waals surface area contributed by atoms with Crippen LogP contribution in [-0.4, -0.2) is 19.5 Å². The molecule has 2 heterocycles. The number of nitrogens with zero attached hydrogens (tertiary/aromatic N) is 4. The number of hydrogen-bond acceptors (Lipinski definition) is 3. The minimum absolute atomic E-state index is 0.605. The van der Waals surface area contributed by atoms with Gasteiger partial charge >= 0.3 is 0 Å². The van der Waals surface area contributed by atoms with Crippen molar-refractivity contribution in [1.82, 2.24) is 19.5 Å². The van der Waals surface area contributed by atoms with Crippen molar-refractivity contribution in [3.8, 4) is 39.6 Å². The van der Waals surface area contributed by atoms with E-state index in [9.17, 15) is 0 Å². The van der Waals surface area contributed by atoms with E-state index in [4.69, 9.17) is 15.0 Å². The van der Waals surface area contributed by atoms with Crippen LogP contribution < -0.4 is 0 Å². The Hall–Kier alpha value is -8.21. The molecule has 10 aromatic rings. The van der Waals surface area contributed by atoms with Crippen molar-refractivity contribution >= 4 is 38.5 Å². The monoisotopic (exact) mass is 816 g/mol. The Morgan fingerprint density at radius 1 is 0.438 bits per heavy atom. The number of rotatable bonds is 7. The molecule has 8 aromatic carbocycles. The summed E-state index contributed by atoms with van der Waals surface area (Å²) in [5, 5.41) is 2.53. The molecule has 3 aliphatic rings. The topological polar surface area (TPSA) is 43.6 Å². The Morgan fingerprint density at radius 2 is 1.02 bits per heavy atom. The summed E-state index contributed by atoms with van der Waals surface area (Å²) in [6, 6.07) is 73.1. The lowest BCUT2D eigenvalue weighted by Crippen LogP contribution is -2.29. The molecule has 0 saturated heterocycles. The number of aromatic nitrogens is 4. The number of hydrogen-bond donors (Lipinski definition) is 0. The van der Waals surface area contributed by atoms with Gasteiger partial charge in [0.15, 0.2) is 17.5 Å². The van der Waals surface area contributed by atoms with E-state index in [0.717, 1.165) is 46.3 Å². The first-order valence-electron chi connectivity index (χ1n) is 22.2. The molecule has 0 bridgehead atoms. The Kier molecular flexibility index (Phi) is 8.22. The molecule has 300 valence electrons. The van der Waals surface area contributed by atoms with Gasteiger partial charge in [0, 0.05) is 33.2 Å². The zero-order valence-electron chi connectivity index (χ0n) is 35.0. The van der Waals surface area contributed by atoms with E-state index in [0.29, 0.717) is 17.5 Å². The molecule has 0 saturated carbocycles. The number of fused-ring (bicyclic) bond motifs is 3. The minimum Gasteiger partial charge on any atom is -0.309 e. The highest BCUT2D eigenvalue weighted by Gasteiger charge is 2.50. The molecule has 64 heavy (non-hydrogen) atoms. The molecule has 0 spiro atoms. The van der Waals surface area contributed by atoms with Gasteiger partial charge < -0.3 is 4.57 Å². The molecule has 4 nitrogen and oxygen atoms in total. The summed E-state index contributed by atoms with van der Waals surface area (Å²) in [5.74, 6) is 2.01. The van der Waals surface area contributed by atoms with Crippen molar-refractivity contribution in [2.24, 2.45) is 0 Å². The third-order valence-electron chi connectivity index (χ3n) is 13.5. The van der Waals surface area contributed by atoms with Crippen LogP contribution in [0.5, 0.6) is 0 Å². The van der Waals surface area contributed by atoms with Gasteiger partial charge in [0.2, 0.25) is 0 Å². The molecule has 0 N–H and O–H groups in total. The largest absolute Gasteiger partial charge is 0.309 e. The van der Waals surface area contributed by atoms with Crippen molar-refractivity contribution in [2.75, 3.05) is 0 Å². The second kappa shape index (κ2) is 14.4. The van der Waals surface area contributed by atoms with E-state index in [2.05, 4.69) is 205 Å². The normalized spacial score (nSPS) is 14.5. The predicted octanol–water partition coefficient (Wildman–Crippen LogP) is 14.3. The first-order chi connectivity index (χ1) is 31.8. The molecular weight excluding hydrogens is 777 g/mol. The van der Waals surface area contributed by atoms with Crippen molar-refractivity contribution in [2.45, 2.75) is 18.3 Å². The molecule has 0 unspecified atom stereocenters. The smallest absolute Gasteiger partial charge is 0.164 e. The summed E-state index contributed by atoms with van der Waals surface area (Å²) in [6.45, 7) is 0. The maximum Gasteiger partial charge on any atom is 0.164 e. The van der Waals surface area contributed by atoms with Gasteiger partial charge in [-0.2, -0.15) is 0 Å². The second-order valence-corrected chi connectivity index (χ2v) is 16.9. The highest BCUT2D eigenvalue weighted by Crippen LogP contribution is 2.63. The summed E-state index contributed by atoms with van der Waals surface area (Å²) in [5.41, 5.74) is 18.3. The summed E-state index contributed by atoms with van der Waals surface area (Å²) in [7, 11) is 0. The second-order valence-electron chi connectivity index (χ2n) is 16.9. The van der Waals surface area contributed by atoms with E-state index in [1.54, 1.807) is 0 Å². The van der Waals surface area contributed by atoms with Gasteiger partial charge in [0.25, 0.3) is 0 Å². The summed E-state index contributed by atoms with van der Waals surface area (Å²) in [6.07, 6.45) is 8.57. The summed E-state index contributed by atoms with van der Waals surface area (Å²) >= 11 is 0. The molecular formula is C60H40N4. The Labute approximate surface area is 371 Å². The van der Waals surface area contributed by atoms with Crippen LogP contribution in [0.2, 0.25) is 0 Å². The Bertz CT molecular complexity index is 3540. The van der Waals surface area contributed by atoms with Gasteiger partial charge in [-0.3, -0.25) is 0 Å².